The van der Waals surface area contributed by atoms with Crippen LogP contribution in [0.4, 0.5) is 0 Å². The fraction of sp³-hybridized carbons (Fsp3) is 0.364. The molecule has 0 fully saturated rings. The predicted molar refractivity (Wildman–Crippen MR) is 72.0 cm³/mol. The average Bonchev–Trinajstić information content (AvgIpc) is 3.12. The van der Waals surface area contributed by atoms with Crippen LogP contribution in [0.5, 0.6) is 0 Å². The summed E-state index contributed by atoms with van der Waals surface area (Å²) < 4.78 is 3.56. The van der Waals surface area contributed by atoms with Crippen LogP contribution in [0.15, 0.2) is 24.1 Å². The molecule has 20 heavy (non-hydrogen) atoms. The topological polar surface area (TPSA) is 90.0 Å². The minimum atomic E-state index is 0.00873. The number of hydrogen-bond acceptors (Lipinski definition) is 6. The third kappa shape index (κ3) is 2.99. The summed E-state index contributed by atoms with van der Waals surface area (Å²) in [5.41, 5.74) is 0.866. The summed E-state index contributed by atoms with van der Waals surface area (Å²) in [6, 6.07) is 0. The first-order valence-electron chi connectivity index (χ1n) is 6.20. The van der Waals surface area contributed by atoms with Crippen molar-refractivity contribution in [2.24, 2.45) is 0 Å². The molecule has 0 unspecified atom stereocenters. The van der Waals surface area contributed by atoms with Crippen LogP contribution in [-0.2, 0) is 17.9 Å². The highest BCUT2D eigenvalue weighted by atomic mass is 32.1. The highest BCUT2D eigenvalue weighted by Crippen LogP contribution is 2.11. The molecule has 3 rings (SSSR count). The van der Waals surface area contributed by atoms with E-state index in [4.69, 9.17) is 0 Å². The van der Waals surface area contributed by atoms with Crippen LogP contribution < -0.4 is 5.32 Å². The number of amides is 1. The second kappa shape index (κ2) is 5.78. The quantitative estimate of drug-likeness (QED) is 0.713. The van der Waals surface area contributed by atoms with Gasteiger partial charge in [-0.15, -0.1) is 16.4 Å². The fourth-order valence-corrected chi connectivity index (χ4v) is 2.54. The molecular formula is C11H13N7OS. The van der Waals surface area contributed by atoms with Crippen LogP contribution >= 0.6 is 11.3 Å². The van der Waals surface area contributed by atoms with Crippen molar-refractivity contribution < 1.29 is 4.79 Å². The third-order valence-electron chi connectivity index (χ3n) is 2.79. The molecule has 8 nitrogen and oxygen atoms in total. The zero-order valence-electron chi connectivity index (χ0n) is 10.6. The van der Waals surface area contributed by atoms with Crippen molar-refractivity contribution in [3.8, 4) is 0 Å². The van der Waals surface area contributed by atoms with Crippen LogP contribution in [0.3, 0.4) is 0 Å². The smallest absolute Gasteiger partial charge is 0.220 e. The van der Waals surface area contributed by atoms with Crippen LogP contribution in [0.2, 0.25) is 0 Å². The molecule has 9 heteroatoms. The molecule has 0 aromatic carbocycles. The number of nitrogens with one attached hydrogen (secondary N) is 1. The zero-order chi connectivity index (χ0) is 13.8. The number of thiazole rings is 1. The molecule has 0 atom stereocenters. The molecule has 0 aliphatic carbocycles. The molecular weight excluding hydrogens is 278 g/mol. The number of tetrazole rings is 1. The van der Waals surface area contributed by atoms with E-state index in [9.17, 15) is 4.79 Å². The molecule has 0 saturated heterocycles. The first-order valence-corrected chi connectivity index (χ1v) is 7.08. The van der Waals surface area contributed by atoms with E-state index in [1.54, 1.807) is 16.0 Å². The van der Waals surface area contributed by atoms with Crippen LogP contribution in [-0.4, -0.2) is 35.5 Å². The van der Waals surface area contributed by atoms with Gasteiger partial charge in [-0.25, -0.2) is 9.67 Å². The van der Waals surface area contributed by atoms with Crippen LogP contribution in [0, 0.1) is 0 Å². The summed E-state index contributed by atoms with van der Waals surface area (Å²) >= 11 is 1.57. The molecule has 0 radical (unpaired) electrons. The van der Waals surface area contributed by atoms with Gasteiger partial charge in [0.1, 0.15) is 6.33 Å². The van der Waals surface area contributed by atoms with Gasteiger partial charge in [0, 0.05) is 30.7 Å². The number of carbonyl (C=O) groups is 1. The maximum Gasteiger partial charge on any atom is 0.220 e. The van der Waals surface area contributed by atoms with Gasteiger partial charge in [-0.05, 0) is 16.8 Å². The van der Waals surface area contributed by atoms with E-state index in [1.165, 1.54) is 6.33 Å². The largest absolute Gasteiger partial charge is 0.350 e. The Kier molecular flexibility index (Phi) is 3.68. The second-order valence-corrected chi connectivity index (χ2v) is 5.15. The first-order chi connectivity index (χ1) is 9.81. The van der Waals surface area contributed by atoms with E-state index in [0.29, 0.717) is 25.9 Å². The Morgan fingerprint density at radius 1 is 1.45 bits per heavy atom. The number of hydrogen-bond donors (Lipinski definition) is 1. The molecule has 0 bridgehead atoms. The van der Waals surface area contributed by atoms with E-state index in [-0.39, 0.29) is 5.91 Å². The minimum Gasteiger partial charge on any atom is -0.350 e. The Morgan fingerprint density at radius 3 is 3.20 bits per heavy atom. The van der Waals surface area contributed by atoms with Crippen LogP contribution in [0.25, 0.3) is 4.96 Å². The van der Waals surface area contributed by atoms with Crippen molar-refractivity contribution in [1.82, 2.24) is 34.9 Å². The summed E-state index contributed by atoms with van der Waals surface area (Å²) in [6.45, 7) is 1.10. The Balaban J connectivity index is 1.41. The number of rotatable bonds is 6. The maximum atomic E-state index is 11.7. The monoisotopic (exact) mass is 291 g/mol. The summed E-state index contributed by atoms with van der Waals surface area (Å²) in [5, 5.41) is 15.6. The normalized spacial score (nSPS) is 11.0. The molecule has 0 saturated carbocycles. The number of nitrogens with zero attached hydrogens (tertiary/aromatic N) is 6. The van der Waals surface area contributed by atoms with Crippen molar-refractivity contribution in [1.29, 1.82) is 0 Å². The van der Waals surface area contributed by atoms with E-state index in [2.05, 4.69) is 25.8 Å². The van der Waals surface area contributed by atoms with Gasteiger partial charge < -0.3 is 5.32 Å². The van der Waals surface area contributed by atoms with Gasteiger partial charge in [-0.3, -0.25) is 9.20 Å². The third-order valence-corrected chi connectivity index (χ3v) is 3.56. The SMILES string of the molecule is O=C(CCCn1cnnn1)NCc1cn2ccsc2n1. The highest BCUT2D eigenvalue weighted by molar-refractivity contribution is 7.15. The molecule has 104 valence electrons. The lowest BCUT2D eigenvalue weighted by Crippen LogP contribution is -2.23. The van der Waals surface area contributed by atoms with Gasteiger partial charge in [0.25, 0.3) is 0 Å². The molecule has 3 aromatic rings. The summed E-state index contributed by atoms with van der Waals surface area (Å²) in [4.78, 5) is 17.0. The molecule has 0 aliphatic heterocycles. The molecule has 0 aliphatic rings. The molecule has 3 heterocycles. The van der Waals surface area contributed by atoms with Crippen molar-refractivity contribution in [3.63, 3.8) is 0 Å². The van der Waals surface area contributed by atoms with Crippen molar-refractivity contribution >= 4 is 22.2 Å². The standard InChI is InChI=1S/C11H13N7OS/c19-10(2-1-3-18-8-13-15-16-18)12-6-9-7-17-4-5-20-11(17)14-9/h4-5,7-8H,1-3,6H2,(H,12,19). The fourth-order valence-electron chi connectivity index (χ4n) is 1.82. The summed E-state index contributed by atoms with van der Waals surface area (Å²) in [6.07, 6.45) is 6.56. The predicted octanol–water partition coefficient (Wildman–Crippen LogP) is 0.479. The van der Waals surface area contributed by atoms with Gasteiger partial charge in [-0.1, -0.05) is 0 Å². The first kappa shape index (κ1) is 12.7. The number of imidazole rings is 1. The summed E-state index contributed by atoms with van der Waals surface area (Å²) in [5.74, 6) is 0.00873. The number of fused-ring (bicyclic) bond motifs is 1. The van der Waals surface area contributed by atoms with E-state index >= 15 is 0 Å². The lowest BCUT2D eigenvalue weighted by Gasteiger charge is -2.02. The van der Waals surface area contributed by atoms with Gasteiger partial charge in [0.2, 0.25) is 5.91 Å². The van der Waals surface area contributed by atoms with Gasteiger partial charge in [-0.2, -0.15) is 0 Å². The van der Waals surface area contributed by atoms with E-state index < -0.39 is 0 Å². The van der Waals surface area contributed by atoms with Crippen LogP contribution in [0.1, 0.15) is 18.5 Å². The minimum absolute atomic E-state index is 0.00873. The lowest BCUT2D eigenvalue weighted by molar-refractivity contribution is -0.121. The van der Waals surface area contributed by atoms with Crippen molar-refractivity contribution in [2.75, 3.05) is 0 Å². The zero-order valence-corrected chi connectivity index (χ0v) is 11.5. The van der Waals surface area contributed by atoms with Gasteiger partial charge in [0.05, 0.1) is 12.2 Å². The Hall–Kier alpha value is -2.29. The number of aromatic nitrogens is 6. The Bertz CT molecular complexity index is 658. The maximum absolute atomic E-state index is 11.7. The second-order valence-electron chi connectivity index (χ2n) is 4.28. The highest BCUT2D eigenvalue weighted by Gasteiger charge is 2.05. The Morgan fingerprint density at radius 2 is 2.40 bits per heavy atom. The molecule has 0 spiro atoms. The van der Waals surface area contributed by atoms with Gasteiger partial charge >= 0.3 is 0 Å². The summed E-state index contributed by atoms with van der Waals surface area (Å²) in [7, 11) is 0. The van der Waals surface area contributed by atoms with E-state index in [0.717, 1.165) is 10.7 Å². The van der Waals surface area contributed by atoms with Crippen molar-refractivity contribution in [2.45, 2.75) is 25.9 Å². The average molecular weight is 291 g/mol. The molecule has 3 aromatic heterocycles. The molecule has 1 N–H and O–H groups in total. The molecule has 1 amide bonds. The van der Waals surface area contributed by atoms with Crippen molar-refractivity contribution in [3.05, 3.63) is 29.8 Å². The van der Waals surface area contributed by atoms with E-state index in [1.807, 2.05) is 22.2 Å². The van der Waals surface area contributed by atoms with Gasteiger partial charge in [0.15, 0.2) is 4.96 Å². The Labute approximate surface area is 118 Å². The lowest BCUT2D eigenvalue weighted by atomic mass is 10.3. The number of carbonyl (C=O) groups excluding carboxylic acids is 1. The number of aryl methyl sites for hydroxylation is 1.